The molecule has 2 unspecified atom stereocenters. The molecule has 0 saturated heterocycles. The highest BCUT2D eigenvalue weighted by Crippen LogP contribution is 2.28. The van der Waals surface area contributed by atoms with E-state index in [2.05, 4.69) is 0 Å². The summed E-state index contributed by atoms with van der Waals surface area (Å²) in [5.74, 6) is -3.40. The Morgan fingerprint density at radius 1 is 1.33 bits per heavy atom. The lowest BCUT2D eigenvalue weighted by atomic mass is 9.89. The van der Waals surface area contributed by atoms with Gasteiger partial charge < -0.3 is 0 Å². The van der Waals surface area contributed by atoms with Gasteiger partial charge in [-0.25, -0.2) is 13.1 Å². The predicted molar refractivity (Wildman–Crippen MR) is 54.5 cm³/mol. The minimum absolute atomic E-state index is 0.0147. The minimum atomic E-state index is -4.46. The number of rotatable bonds is 4. The number of hydrogen-bond donors (Lipinski definition) is 1. The third kappa shape index (κ3) is 3.85. The molecule has 2 atom stereocenters. The third-order valence-electron chi connectivity index (χ3n) is 2.60. The molecule has 0 aromatic rings. The molecule has 90 valence electrons. The summed E-state index contributed by atoms with van der Waals surface area (Å²) in [6.45, 7) is 0.0147. The highest BCUT2D eigenvalue weighted by atomic mass is 35.5. The van der Waals surface area contributed by atoms with Crippen LogP contribution in [0.25, 0.3) is 0 Å². The average molecular weight is 262 g/mol. The zero-order valence-corrected chi connectivity index (χ0v) is 9.70. The molecular weight excluding hydrogens is 248 g/mol. The van der Waals surface area contributed by atoms with Crippen molar-refractivity contribution in [2.24, 2.45) is 5.92 Å². The van der Waals surface area contributed by atoms with E-state index in [0.717, 1.165) is 25.7 Å². The van der Waals surface area contributed by atoms with E-state index in [-0.39, 0.29) is 17.8 Å². The van der Waals surface area contributed by atoms with E-state index in [9.17, 15) is 17.2 Å². The van der Waals surface area contributed by atoms with Crippen molar-refractivity contribution in [1.29, 1.82) is 0 Å². The number of alkyl halides is 3. The number of nitrogens with one attached hydrogen (secondary N) is 1. The Balaban J connectivity index is 2.42. The second kappa shape index (κ2) is 5.41. The van der Waals surface area contributed by atoms with Crippen molar-refractivity contribution in [3.05, 3.63) is 0 Å². The summed E-state index contributed by atoms with van der Waals surface area (Å²) < 4.78 is 47.4. The van der Waals surface area contributed by atoms with Crippen LogP contribution in [-0.2, 0) is 10.0 Å². The van der Waals surface area contributed by atoms with Crippen LogP contribution in [0.4, 0.5) is 8.78 Å². The van der Waals surface area contributed by atoms with Gasteiger partial charge in [-0.15, -0.1) is 11.6 Å². The van der Waals surface area contributed by atoms with Crippen molar-refractivity contribution < 1.29 is 17.2 Å². The lowest BCUT2D eigenvalue weighted by Gasteiger charge is -2.26. The molecule has 1 N–H and O–H groups in total. The maximum Gasteiger partial charge on any atom is 0.350 e. The summed E-state index contributed by atoms with van der Waals surface area (Å²) >= 11 is 5.97. The first-order valence-electron chi connectivity index (χ1n) is 4.84. The molecule has 0 spiro atoms. The molecule has 0 aromatic heterocycles. The normalized spacial score (nSPS) is 28.3. The lowest BCUT2D eigenvalue weighted by molar-refractivity contribution is 0.231. The van der Waals surface area contributed by atoms with E-state index in [1.54, 1.807) is 0 Å². The molecule has 0 bridgehead atoms. The molecule has 15 heavy (non-hydrogen) atoms. The van der Waals surface area contributed by atoms with E-state index >= 15 is 0 Å². The van der Waals surface area contributed by atoms with Gasteiger partial charge in [0.15, 0.2) is 0 Å². The Morgan fingerprint density at radius 2 is 1.93 bits per heavy atom. The molecule has 0 heterocycles. The topological polar surface area (TPSA) is 46.2 Å². The van der Waals surface area contributed by atoms with Gasteiger partial charge in [-0.1, -0.05) is 12.8 Å². The molecule has 3 nitrogen and oxygen atoms in total. The molecule has 1 rings (SSSR count). The number of halogens is 3. The fourth-order valence-corrected chi connectivity index (χ4v) is 2.62. The summed E-state index contributed by atoms with van der Waals surface area (Å²) in [7, 11) is -4.46. The maximum absolute atomic E-state index is 12.0. The second-order valence-electron chi connectivity index (χ2n) is 3.71. The van der Waals surface area contributed by atoms with Crippen LogP contribution in [0.5, 0.6) is 0 Å². The van der Waals surface area contributed by atoms with Gasteiger partial charge in [0.25, 0.3) is 10.0 Å². The summed E-state index contributed by atoms with van der Waals surface area (Å²) in [6.07, 6.45) is 3.61. The first-order chi connectivity index (χ1) is 6.93. The third-order valence-corrected chi connectivity index (χ3v) is 4.21. The van der Waals surface area contributed by atoms with Crippen LogP contribution in [0.1, 0.15) is 25.7 Å². The Hall–Kier alpha value is 0.0600. The van der Waals surface area contributed by atoms with Crippen LogP contribution in [0, 0.1) is 5.92 Å². The van der Waals surface area contributed by atoms with Crippen LogP contribution in [-0.4, -0.2) is 26.1 Å². The van der Waals surface area contributed by atoms with E-state index in [0.29, 0.717) is 0 Å². The zero-order valence-electron chi connectivity index (χ0n) is 8.13. The van der Waals surface area contributed by atoms with Crippen LogP contribution < -0.4 is 4.72 Å². The summed E-state index contributed by atoms with van der Waals surface area (Å²) in [6, 6.07) is 0. The smallest absolute Gasteiger partial charge is 0.210 e. The first-order valence-corrected chi connectivity index (χ1v) is 6.82. The van der Waals surface area contributed by atoms with Gasteiger partial charge in [-0.3, -0.25) is 0 Å². The van der Waals surface area contributed by atoms with E-state index in [1.165, 1.54) is 0 Å². The average Bonchev–Trinajstić information content (AvgIpc) is 2.16. The lowest BCUT2D eigenvalue weighted by Crippen LogP contribution is -2.37. The molecule has 1 fully saturated rings. The first kappa shape index (κ1) is 13.1. The van der Waals surface area contributed by atoms with Gasteiger partial charge in [-0.2, -0.15) is 8.78 Å². The Bertz CT molecular complexity index is 297. The molecule has 0 aliphatic heterocycles. The van der Waals surface area contributed by atoms with Crippen LogP contribution in [0.2, 0.25) is 0 Å². The van der Waals surface area contributed by atoms with Gasteiger partial charge in [-0.05, 0) is 18.8 Å². The summed E-state index contributed by atoms with van der Waals surface area (Å²) in [5, 5.41) is -0.112. The van der Waals surface area contributed by atoms with Crippen molar-refractivity contribution in [2.45, 2.75) is 36.8 Å². The standard InChI is InChI=1S/C8H14ClF2NO2S/c9-7-4-2-1-3-6(7)5-12-15(13,14)8(10)11/h6-8,12H,1-5H2. The van der Waals surface area contributed by atoms with Crippen molar-refractivity contribution >= 4 is 21.6 Å². The second-order valence-corrected chi connectivity index (χ2v) is 6.01. The fraction of sp³-hybridized carbons (Fsp3) is 1.00. The fourth-order valence-electron chi connectivity index (χ4n) is 1.68. The SMILES string of the molecule is O=S(=O)(NCC1CCCCC1Cl)C(F)F. The molecular formula is C8H14ClF2NO2S. The zero-order chi connectivity index (χ0) is 11.5. The van der Waals surface area contributed by atoms with Gasteiger partial charge in [0.1, 0.15) is 0 Å². The van der Waals surface area contributed by atoms with Gasteiger partial charge in [0, 0.05) is 11.9 Å². The Labute approximate surface area is 93.2 Å². The molecule has 1 aliphatic rings. The number of sulfonamides is 1. The number of hydrogen-bond acceptors (Lipinski definition) is 2. The predicted octanol–water partition coefficient (Wildman–Crippen LogP) is 1.93. The quantitative estimate of drug-likeness (QED) is 0.786. The highest BCUT2D eigenvalue weighted by molar-refractivity contribution is 7.89. The molecule has 1 aliphatic carbocycles. The highest BCUT2D eigenvalue weighted by Gasteiger charge is 2.28. The summed E-state index contributed by atoms with van der Waals surface area (Å²) in [5.41, 5.74) is 0. The molecule has 7 heteroatoms. The molecule has 0 amide bonds. The van der Waals surface area contributed by atoms with Crippen LogP contribution in [0.3, 0.4) is 0 Å². The van der Waals surface area contributed by atoms with E-state index in [4.69, 9.17) is 11.6 Å². The molecule has 1 saturated carbocycles. The van der Waals surface area contributed by atoms with Crippen molar-refractivity contribution in [3.63, 3.8) is 0 Å². The Kier molecular flexibility index (Phi) is 4.73. The minimum Gasteiger partial charge on any atom is -0.210 e. The Morgan fingerprint density at radius 3 is 2.47 bits per heavy atom. The monoisotopic (exact) mass is 261 g/mol. The van der Waals surface area contributed by atoms with Crippen LogP contribution in [0.15, 0.2) is 0 Å². The van der Waals surface area contributed by atoms with Crippen molar-refractivity contribution in [1.82, 2.24) is 4.72 Å². The van der Waals surface area contributed by atoms with Crippen molar-refractivity contribution in [2.75, 3.05) is 6.54 Å². The van der Waals surface area contributed by atoms with E-state index in [1.807, 2.05) is 4.72 Å². The largest absolute Gasteiger partial charge is 0.350 e. The van der Waals surface area contributed by atoms with E-state index < -0.39 is 15.8 Å². The van der Waals surface area contributed by atoms with Crippen molar-refractivity contribution in [3.8, 4) is 0 Å². The summed E-state index contributed by atoms with van der Waals surface area (Å²) in [4.78, 5) is 0. The maximum atomic E-state index is 12.0. The molecule has 0 radical (unpaired) electrons. The van der Waals surface area contributed by atoms with Crippen LogP contribution >= 0.6 is 11.6 Å². The van der Waals surface area contributed by atoms with Gasteiger partial charge >= 0.3 is 5.76 Å². The van der Waals surface area contributed by atoms with Gasteiger partial charge in [0.2, 0.25) is 0 Å². The molecule has 0 aromatic carbocycles. The van der Waals surface area contributed by atoms with Gasteiger partial charge in [0.05, 0.1) is 0 Å².